The summed E-state index contributed by atoms with van der Waals surface area (Å²) in [5, 5.41) is 3.39. The first-order valence-corrected chi connectivity index (χ1v) is 9.47. The van der Waals surface area contributed by atoms with Gasteiger partial charge in [0, 0.05) is 46.7 Å². The maximum absolute atomic E-state index is 11.9. The second-order valence-corrected chi connectivity index (χ2v) is 6.99. The van der Waals surface area contributed by atoms with E-state index in [2.05, 4.69) is 27.0 Å². The van der Waals surface area contributed by atoms with Gasteiger partial charge in [0.1, 0.15) is 12.3 Å². The van der Waals surface area contributed by atoms with Crippen LogP contribution in [-0.4, -0.2) is 86.5 Å². The Labute approximate surface area is 157 Å². The summed E-state index contributed by atoms with van der Waals surface area (Å²) in [6.07, 6.45) is 4.94. The molecule has 1 aromatic rings. The molecule has 1 amide bonds. The Kier molecular flexibility index (Phi) is 7.97. The Morgan fingerprint density at radius 3 is 2.88 bits per heavy atom. The molecule has 1 aromatic heterocycles. The van der Waals surface area contributed by atoms with Gasteiger partial charge in [0.05, 0.1) is 6.26 Å². The molecule has 26 heavy (non-hydrogen) atoms. The van der Waals surface area contributed by atoms with E-state index in [0.29, 0.717) is 6.04 Å². The van der Waals surface area contributed by atoms with Crippen molar-refractivity contribution in [2.75, 3.05) is 53.9 Å². The number of likely N-dealkylation sites (N-methyl/N-ethyl adjacent to an activating group) is 3. The summed E-state index contributed by atoms with van der Waals surface area (Å²) in [4.78, 5) is 22.7. The number of nitrogens with one attached hydrogen (secondary N) is 1. The number of amides is 1. The highest BCUT2D eigenvalue weighted by molar-refractivity contribution is 5.84. The first kappa shape index (κ1) is 20.3. The van der Waals surface area contributed by atoms with Gasteiger partial charge in [0.2, 0.25) is 5.91 Å². The van der Waals surface area contributed by atoms with Gasteiger partial charge >= 0.3 is 0 Å². The van der Waals surface area contributed by atoms with E-state index in [0.717, 1.165) is 37.8 Å². The van der Waals surface area contributed by atoms with Crippen LogP contribution >= 0.6 is 0 Å². The molecule has 1 atom stereocenters. The fourth-order valence-corrected chi connectivity index (χ4v) is 3.27. The van der Waals surface area contributed by atoms with Crippen LogP contribution < -0.4 is 5.32 Å². The number of carbonyl (C=O) groups is 1. The highest BCUT2D eigenvalue weighted by atomic mass is 16.3. The van der Waals surface area contributed by atoms with Crippen molar-refractivity contribution in [3.05, 3.63) is 24.2 Å². The summed E-state index contributed by atoms with van der Waals surface area (Å²) < 4.78 is 5.38. The SMILES string of the molecule is CCN1CCCC1CN(C)C(=NCC(=O)N(C)C)NCCc1ccco1. The molecule has 0 radical (unpaired) electrons. The Hall–Kier alpha value is -2.02. The van der Waals surface area contributed by atoms with Gasteiger partial charge in [-0.2, -0.15) is 0 Å². The quantitative estimate of drug-likeness (QED) is 0.557. The minimum absolute atomic E-state index is 0.000198. The van der Waals surface area contributed by atoms with Crippen LogP contribution in [-0.2, 0) is 11.2 Å². The molecule has 2 heterocycles. The third kappa shape index (κ3) is 6.05. The number of nitrogens with zero attached hydrogens (tertiary/aromatic N) is 4. The first-order valence-electron chi connectivity index (χ1n) is 9.47. The van der Waals surface area contributed by atoms with Crippen LogP contribution in [0.15, 0.2) is 27.8 Å². The molecule has 1 unspecified atom stereocenters. The molecule has 0 saturated carbocycles. The number of carbonyl (C=O) groups excluding carboxylic acids is 1. The van der Waals surface area contributed by atoms with E-state index in [-0.39, 0.29) is 12.5 Å². The number of guanidine groups is 1. The summed E-state index contributed by atoms with van der Waals surface area (Å²) in [6.45, 7) is 6.25. The second-order valence-electron chi connectivity index (χ2n) is 6.99. The molecule has 0 spiro atoms. The van der Waals surface area contributed by atoms with E-state index in [1.54, 1.807) is 25.3 Å². The molecule has 1 aliphatic rings. The zero-order chi connectivity index (χ0) is 18.9. The summed E-state index contributed by atoms with van der Waals surface area (Å²) in [7, 11) is 5.55. The Balaban J connectivity index is 1.95. The zero-order valence-corrected chi connectivity index (χ0v) is 16.6. The van der Waals surface area contributed by atoms with E-state index in [1.165, 1.54) is 19.4 Å². The molecule has 1 N–H and O–H groups in total. The topological polar surface area (TPSA) is 64.3 Å². The van der Waals surface area contributed by atoms with Crippen molar-refractivity contribution in [3.63, 3.8) is 0 Å². The highest BCUT2D eigenvalue weighted by Gasteiger charge is 2.25. The van der Waals surface area contributed by atoms with E-state index in [9.17, 15) is 4.79 Å². The van der Waals surface area contributed by atoms with Gasteiger partial charge in [-0.1, -0.05) is 6.92 Å². The average molecular weight is 364 g/mol. The van der Waals surface area contributed by atoms with Crippen molar-refractivity contribution in [1.29, 1.82) is 0 Å². The van der Waals surface area contributed by atoms with Gasteiger partial charge in [-0.15, -0.1) is 0 Å². The Bertz CT molecular complexity index is 570. The first-order chi connectivity index (χ1) is 12.5. The van der Waals surface area contributed by atoms with Gasteiger partial charge < -0.3 is 19.5 Å². The molecule has 146 valence electrons. The lowest BCUT2D eigenvalue weighted by Crippen LogP contribution is -2.46. The van der Waals surface area contributed by atoms with Crippen molar-refractivity contribution in [1.82, 2.24) is 20.0 Å². The average Bonchev–Trinajstić information content (AvgIpc) is 3.28. The normalized spacial score (nSPS) is 18.2. The van der Waals surface area contributed by atoms with Crippen LogP contribution in [0, 0.1) is 0 Å². The largest absolute Gasteiger partial charge is 0.469 e. The summed E-state index contributed by atoms with van der Waals surface area (Å²) >= 11 is 0. The van der Waals surface area contributed by atoms with E-state index >= 15 is 0 Å². The fraction of sp³-hybridized carbons (Fsp3) is 0.684. The smallest absolute Gasteiger partial charge is 0.243 e. The van der Waals surface area contributed by atoms with Gasteiger partial charge in [0.25, 0.3) is 0 Å². The summed E-state index contributed by atoms with van der Waals surface area (Å²) in [5.74, 6) is 1.71. The number of hydrogen-bond donors (Lipinski definition) is 1. The molecule has 0 aliphatic carbocycles. The van der Waals surface area contributed by atoms with Crippen molar-refractivity contribution in [2.45, 2.75) is 32.2 Å². The van der Waals surface area contributed by atoms with Crippen molar-refractivity contribution < 1.29 is 9.21 Å². The van der Waals surface area contributed by atoms with Gasteiger partial charge in [-0.25, -0.2) is 4.99 Å². The third-order valence-electron chi connectivity index (χ3n) is 4.85. The van der Waals surface area contributed by atoms with Gasteiger partial charge in [-0.3, -0.25) is 9.69 Å². The number of rotatable bonds is 8. The number of aliphatic imine (C=N–C) groups is 1. The third-order valence-corrected chi connectivity index (χ3v) is 4.85. The standard InChI is InChI=1S/C19H33N5O2/c1-5-24-12-6-8-16(24)15-23(4)19(21-14-18(25)22(2)3)20-11-10-17-9-7-13-26-17/h7,9,13,16H,5-6,8,10-12,14-15H2,1-4H3,(H,20,21). The number of likely N-dealkylation sites (tertiary alicyclic amines) is 1. The second kappa shape index (κ2) is 10.2. The minimum Gasteiger partial charge on any atom is -0.469 e. The molecule has 1 aliphatic heterocycles. The highest BCUT2D eigenvalue weighted by Crippen LogP contribution is 2.17. The van der Waals surface area contributed by atoms with Gasteiger partial charge in [-0.05, 0) is 38.1 Å². The molecule has 1 fully saturated rings. The zero-order valence-electron chi connectivity index (χ0n) is 16.6. The van der Waals surface area contributed by atoms with Crippen LogP contribution in [0.3, 0.4) is 0 Å². The molecule has 0 aromatic carbocycles. The van der Waals surface area contributed by atoms with Crippen molar-refractivity contribution >= 4 is 11.9 Å². The van der Waals surface area contributed by atoms with E-state index < -0.39 is 0 Å². The van der Waals surface area contributed by atoms with Crippen molar-refractivity contribution in [2.24, 2.45) is 4.99 Å². The molecule has 7 nitrogen and oxygen atoms in total. The number of furan rings is 1. The van der Waals surface area contributed by atoms with E-state index in [4.69, 9.17) is 4.42 Å². The lowest BCUT2D eigenvalue weighted by atomic mass is 10.2. The van der Waals surface area contributed by atoms with Crippen molar-refractivity contribution in [3.8, 4) is 0 Å². The Morgan fingerprint density at radius 2 is 2.23 bits per heavy atom. The molecule has 1 saturated heterocycles. The lowest BCUT2D eigenvalue weighted by Gasteiger charge is -2.30. The van der Waals surface area contributed by atoms with Gasteiger partial charge in [0.15, 0.2) is 5.96 Å². The molecule has 0 bridgehead atoms. The van der Waals surface area contributed by atoms with Crippen LogP contribution in [0.25, 0.3) is 0 Å². The van der Waals surface area contributed by atoms with Crippen LogP contribution in [0.4, 0.5) is 0 Å². The van der Waals surface area contributed by atoms with E-state index in [1.807, 2.05) is 19.2 Å². The maximum atomic E-state index is 11.9. The molecular formula is C19H33N5O2. The molecule has 7 heteroatoms. The van der Waals surface area contributed by atoms with Crippen LogP contribution in [0.1, 0.15) is 25.5 Å². The summed E-state index contributed by atoms with van der Waals surface area (Å²) in [6, 6.07) is 4.41. The maximum Gasteiger partial charge on any atom is 0.243 e. The fourth-order valence-electron chi connectivity index (χ4n) is 3.27. The predicted octanol–water partition coefficient (Wildman–Crippen LogP) is 1.27. The Morgan fingerprint density at radius 1 is 1.42 bits per heavy atom. The summed E-state index contributed by atoms with van der Waals surface area (Å²) in [5.41, 5.74) is 0. The predicted molar refractivity (Wildman–Crippen MR) is 104 cm³/mol. The number of hydrogen-bond acceptors (Lipinski definition) is 4. The van der Waals surface area contributed by atoms with Crippen LogP contribution in [0.2, 0.25) is 0 Å². The lowest BCUT2D eigenvalue weighted by molar-refractivity contribution is -0.127. The molecular weight excluding hydrogens is 330 g/mol. The minimum atomic E-state index is -0.000198. The van der Waals surface area contributed by atoms with Crippen LogP contribution in [0.5, 0.6) is 0 Å². The monoisotopic (exact) mass is 363 g/mol. The molecule has 2 rings (SSSR count).